The molecule has 0 aromatic carbocycles. The summed E-state index contributed by atoms with van der Waals surface area (Å²) in [6, 6.07) is 0. The standard InChI is InChI=1S/C14H24N4O3S/c1-17-7-11(5-15-17)8-18-4-3-12-10-21-14(13(12)9-18)6-16-22(2,19)20/h5,7,12-14,16H,3-4,6,8-10H2,1-2H3/t12-,13-,14+/m1/s1. The highest BCUT2D eigenvalue weighted by atomic mass is 32.2. The molecule has 2 aliphatic heterocycles. The van der Waals surface area contributed by atoms with E-state index in [1.54, 1.807) is 0 Å². The number of hydrogen-bond acceptors (Lipinski definition) is 5. The maximum absolute atomic E-state index is 11.3. The summed E-state index contributed by atoms with van der Waals surface area (Å²) in [6.07, 6.45) is 6.23. The molecule has 0 saturated carbocycles. The minimum absolute atomic E-state index is 0.0172. The van der Waals surface area contributed by atoms with Gasteiger partial charge in [-0.15, -0.1) is 0 Å². The van der Waals surface area contributed by atoms with Crippen molar-refractivity contribution in [3.8, 4) is 0 Å². The fourth-order valence-corrected chi connectivity index (χ4v) is 3.97. The summed E-state index contributed by atoms with van der Waals surface area (Å²) in [6.45, 7) is 4.03. The van der Waals surface area contributed by atoms with Gasteiger partial charge >= 0.3 is 0 Å². The Morgan fingerprint density at radius 1 is 1.50 bits per heavy atom. The lowest BCUT2D eigenvalue weighted by atomic mass is 9.84. The number of rotatable bonds is 5. The average molecular weight is 328 g/mol. The SMILES string of the molecule is Cn1cc(CN2CC[C@@H]3CO[C@@H](CNS(C)(=O)=O)[C@@H]3C2)cn1. The Balaban J connectivity index is 1.58. The zero-order valence-corrected chi connectivity index (χ0v) is 13.9. The molecule has 124 valence electrons. The van der Waals surface area contributed by atoms with Crippen LogP contribution in [0.2, 0.25) is 0 Å². The smallest absolute Gasteiger partial charge is 0.208 e. The van der Waals surface area contributed by atoms with Crippen molar-refractivity contribution >= 4 is 10.0 Å². The van der Waals surface area contributed by atoms with E-state index in [0.29, 0.717) is 18.4 Å². The van der Waals surface area contributed by atoms with Gasteiger partial charge in [0.05, 0.1) is 25.2 Å². The number of fused-ring (bicyclic) bond motifs is 1. The third-order valence-electron chi connectivity index (χ3n) is 4.60. The molecular formula is C14H24N4O3S. The van der Waals surface area contributed by atoms with Gasteiger partial charge in [0.25, 0.3) is 0 Å². The lowest BCUT2D eigenvalue weighted by Gasteiger charge is -2.35. The molecule has 1 aromatic heterocycles. The van der Waals surface area contributed by atoms with Gasteiger partial charge in [0, 0.05) is 44.4 Å². The van der Waals surface area contributed by atoms with Crippen molar-refractivity contribution in [3.05, 3.63) is 18.0 Å². The van der Waals surface area contributed by atoms with Crippen molar-refractivity contribution in [1.29, 1.82) is 0 Å². The fraction of sp³-hybridized carbons (Fsp3) is 0.786. The highest BCUT2D eigenvalue weighted by Gasteiger charge is 2.40. The fourth-order valence-electron chi connectivity index (χ4n) is 3.50. The van der Waals surface area contributed by atoms with Crippen LogP contribution in [0, 0.1) is 11.8 Å². The molecule has 0 amide bonds. The summed E-state index contributed by atoms with van der Waals surface area (Å²) in [5, 5.41) is 4.21. The lowest BCUT2D eigenvalue weighted by molar-refractivity contribution is 0.0776. The molecule has 1 N–H and O–H groups in total. The van der Waals surface area contributed by atoms with Crippen LogP contribution < -0.4 is 4.72 Å². The molecule has 22 heavy (non-hydrogen) atoms. The second-order valence-corrected chi connectivity index (χ2v) is 8.30. The molecule has 7 nitrogen and oxygen atoms in total. The van der Waals surface area contributed by atoms with Crippen LogP contribution in [0.4, 0.5) is 0 Å². The molecule has 0 spiro atoms. The van der Waals surface area contributed by atoms with E-state index in [2.05, 4.69) is 14.7 Å². The number of hydrogen-bond donors (Lipinski definition) is 1. The second-order valence-electron chi connectivity index (χ2n) is 6.46. The van der Waals surface area contributed by atoms with Gasteiger partial charge in [-0.2, -0.15) is 5.10 Å². The van der Waals surface area contributed by atoms with E-state index in [0.717, 1.165) is 32.7 Å². The van der Waals surface area contributed by atoms with Gasteiger partial charge in [-0.1, -0.05) is 0 Å². The summed E-state index contributed by atoms with van der Waals surface area (Å²) >= 11 is 0. The molecule has 0 unspecified atom stereocenters. The van der Waals surface area contributed by atoms with E-state index in [1.165, 1.54) is 11.8 Å². The Labute approximate surface area is 131 Å². The number of nitrogens with one attached hydrogen (secondary N) is 1. The average Bonchev–Trinajstić information content (AvgIpc) is 3.02. The molecule has 3 heterocycles. The minimum Gasteiger partial charge on any atom is -0.376 e. The molecule has 2 fully saturated rings. The first-order valence-electron chi connectivity index (χ1n) is 7.67. The van der Waals surface area contributed by atoms with Crippen LogP contribution in [-0.4, -0.2) is 61.7 Å². The lowest BCUT2D eigenvalue weighted by Crippen LogP contribution is -2.44. The Bertz CT molecular complexity index is 615. The number of nitrogens with zero attached hydrogens (tertiary/aromatic N) is 3. The van der Waals surface area contributed by atoms with Crippen molar-refractivity contribution in [2.24, 2.45) is 18.9 Å². The first-order valence-corrected chi connectivity index (χ1v) is 9.56. The predicted molar refractivity (Wildman–Crippen MR) is 82.7 cm³/mol. The van der Waals surface area contributed by atoms with E-state index >= 15 is 0 Å². The van der Waals surface area contributed by atoms with Gasteiger partial charge in [0.2, 0.25) is 10.0 Å². The Morgan fingerprint density at radius 2 is 2.32 bits per heavy atom. The van der Waals surface area contributed by atoms with Crippen molar-refractivity contribution in [1.82, 2.24) is 19.4 Å². The van der Waals surface area contributed by atoms with Gasteiger partial charge < -0.3 is 4.74 Å². The maximum atomic E-state index is 11.3. The van der Waals surface area contributed by atoms with Gasteiger partial charge in [-0.05, 0) is 18.9 Å². The number of piperidine rings is 1. The van der Waals surface area contributed by atoms with E-state index in [-0.39, 0.29) is 6.10 Å². The van der Waals surface area contributed by atoms with Crippen molar-refractivity contribution in [2.45, 2.75) is 19.1 Å². The highest BCUT2D eigenvalue weighted by Crippen LogP contribution is 2.34. The van der Waals surface area contributed by atoms with Crippen LogP contribution in [0.5, 0.6) is 0 Å². The monoisotopic (exact) mass is 328 g/mol. The molecule has 3 rings (SSSR count). The first kappa shape index (κ1) is 15.9. The minimum atomic E-state index is -3.16. The largest absolute Gasteiger partial charge is 0.376 e. The molecule has 2 aliphatic rings. The van der Waals surface area contributed by atoms with Gasteiger partial charge in [-0.3, -0.25) is 9.58 Å². The van der Waals surface area contributed by atoms with E-state index < -0.39 is 10.0 Å². The molecule has 3 atom stereocenters. The van der Waals surface area contributed by atoms with Gasteiger partial charge in [0.15, 0.2) is 0 Å². The summed E-state index contributed by atoms with van der Waals surface area (Å²) in [5.74, 6) is 0.955. The number of aryl methyl sites for hydroxylation is 1. The normalized spacial score (nSPS) is 29.6. The Kier molecular flexibility index (Phi) is 4.54. The number of likely N-dealkylation sites (tertiary alicyclic amines) is 1. The van der Waals surface area contributed by atoms with Crippen LogP contribution in [0.1, 0.15) is 12.0 Å². The van der Waals surface area contributed by atoms with E-state index in [1.807, 2.05) is 24.1 Å². The molecule has 8 heteroatoms. The van der Waals surface area contributed by atoms with Crippen molar-refractivity contribution < 1.29 is 13.2 Å². The first-order chi connectivity index (χ1) is 10.4. The summed E-state index contributed by atoms with van der Waals surface area (Å²) in [7, 11) is -1.24. The molecule has 2 saturated heterocycles. The van der Waals surface area contributed by atoms with Crippen LogP contribution in [0.15, 0.2) is 12.4 Å². The summed E-state index contributed by atoms with van der Waals surface area (Å²) < 4.78 is 32.8. The van der Waals surface area contributed by atoms with Crippen LogP contribution >= 0.6 is 0 Å². The maximum Gasteiger partial charge on any atom is 0.208 e. The molecule has 0 aliphatic carbocycles. The van der Waals surface area contributed by atoms with E-state index in [9.17, 15) is 8.42 Å². The zero-order valence-electron chi connectivity index (χ0n) is 13.1. The van der Waals surface area contributed by atoms with Crippen LogP contribution in [0.25, 0.3) is 0 Å². The third kappa shape index (κ3) is 3.87. The number of aromatic nitrogens is 2. The molecular weight excluding hydrogens is 304 g/mol. The zero-order chi connectivity index (χ0) is 15.7. The third-order valence-corrected chi connectivity index (χ3v) is 5.29. The predicted octanol–water partition coefficient (Wildman–Crippen LogP) is -0.194. The quantitative estimate of drug-likeness (QED) is 0.810. The Hall–Kier alpha value is -0.960. The van der Waals surface area contributed by atoms with Crippen LogP contribution in [-0.2, 0) is 28.4 Å². The summed E-state index contributed by atoms with van der Waals surface area (Å²) in [5.41, 5.74) is 1.21. The van der Waals surface area contributed by atoms with Crippen molar-refractivity contribution in [2.75, 3.05) is 32.5 Å². The Morgan fingerprint density at radius 3 is 3.00 bits per heavy atom. The van der Waals surface area contributed by atoms with Crippen molar-refractivity contribution in [3.63, 3.8) is 0 Å². The number of ether oxygens (including phenoxy) is 1. The molecule has 0 radical (unpaired) electrons. The van der Waals surface area contributed by atoms with Gasteiger partial charge in [-0.25, -0.2) is 13.1 Å². The van der Waals surface area contributed by atoms with E-state index in [4.69, 9.17) is 4.74 Å². The molecule has 0 bridgehead atoms. The topological polar surface area (TPSA) is 76.5 Å². The van der Waals surface area contributed by atoms with Gasteiger partial charge in [0.1, 0.15) is 0 Å². The summed E-state index contributed by atoms with van der Waals surface area (Å²) in [4.78, 5) is 2.42. The number of sulfonamides is 1. The second kappa shape index (κ2) is 6.27. The molecule has 1 aromatic rings. The highest BCUT2D eigenvalue weighted by molar-refractivity contribution is 7.88. The van der Waals surface area contributed by atoms with Crippen LogP contribution in [0.3, 0.4) is 0 Å².